The SMILES string of the molecule is COC1CC(=O)N(F)C1CO. The Morgan fingerprint density at radius 2 is 2.55 bits per heavy atom. The van der Waals surface area contributed by atoms with Gasteiger partial charge in [0.25, 0.3) is 5.91 Å². The molecule has 0 spiro atoms. The summed E-state index contributed by atoms with van der Waals surface area (Å²) in [6, 6.07) is -0.826. The quantitative estimate of drug-likeness (QED) is 0.557. The molecule has 0 radical (unpaired) electrons. The monoisotopic (exact) mass is 163 g/mol. The lowest BCUT2D eigenvalue weighted by atomic mass is 10.2. The zero-order valence-corrected chi connectivity index (χ0v) is 6.16. The molecule has 1 fully saturated rings. The normalized spacial score (nSPS) is 31.5. The Kier molecular flexibility index (Phi) is 2.41. The highest BCUT2D eigenvalue weighted by Crippen LogP contribution is 2.21. The average Bonchev–Trinajstić information content (AvgIpc) is 2.28. The highest BCUT2D eigenvalue weighted by atomic mass is 19.2. The summed E-state index contributed by atoms with van der Waals surface area (Å²) in [5.74, 6) is -0.629. The van der Waals surface area contributed by atoms with Gasteiger partial charge in [0, 0.05) is 7.11 Å². The van der Waals surface area contributed by atoms with Crippen LogP contribution in [0.4, 0.5) is 4.48 Å². The molecule has 1 rings (SSSR count). The summed E-state index contributed by atoms with van der Waals surface area (Å²) in [7, 11) is 1.39. The van der Waals surface area contributed by atoms with Crippen molar-refractivity contribution >= 4 is 5.91 Å². The van der Waals surface area contributed by atoms with Crippen molar-refractivity contribution in [3.63, 3.8) is 0 Å². The predicted molar refractivity (Wildman–Crippen MR) is 34.2 cm³/mol. The molecule has 2 unspecified atom stereocenters. The highest BCUT2D eigenvalue weighted by Gasteiger charge is 2.40. The topological polar surface area (TPSA) is 49.8 Å². The van der Waals surface area contributed by atoms with Gasteiger partial charge in [0.1, 0.15) is 6.04 Å². The van der Waals surface area contributed by atoms with Gasteiger partial charge in [-0.15, -0.1) is 0 Å². The number of hydrogen-bond acceptors (Lipinski definition) is 3. The Balaban J connectivity index is 2.64. The third kappa shape index (κ3) is 1.34. The van der Waals surface area contributed by atoms with Crippen molar-refractivity contribution in [1.82, 2.24) is 5.12 Å². The number of carbonyl (C=O) groups is 1. The Morgan fingerprint density at radius 3 is 2.91 bits per heavy atom. The van der Waals surface area contributed by atoms with Gasteiger partial charge in [-0.3, -0.25) is 4.79 Å². The summed E-state index contributed by atoms with van der Waals surface area (Å²) in [6.07, 6.45) is -0.504. The van der Waals surface area contributed by atoms with Crippen LogP contribution in [0, 0.1) is 0 Å². The van der Waals surface area contributed by atoms with Crippen LogP contribution in [0.25, 0.3) is 0 Å². The number of nitrogens with zero attached hydrogens (tertiary/aromatic N) is 1. The minimum absolute atomic E-state index is 0.0121. The van der Waals surface area contributed by atoms with Crippen molar-refractivity contribution in [2.75, 3.05) is 13.7 Å². The zero-order chi connectivity index (χ0) is 8.43. The van der Waals surface area contributed by atoms with Gasteiger partial charge < -0.3 is 9.84 Å². The number of carbonyl (C=O) groups excluding carboxylic acids is 1. The number of hydrogen-bond donors (Lipinski definition) is 1. The molecule has 0 aromatic heterocycles. The van der Waals surface area contributed by atoms with E-state index in [-0.39, 0.29) is 11.5 Å². The summed E-state index contributed by atoms with van der Waals surface area (Å²) in [5, 5.41) is 8.68. The fourth-order valence-electron chi connectivity index (χ4n) is 1.16. The minimum atomic E-state index is -0.826. The summed E-state index contributed by atoms with van der Waals surface area (Å²) in [4.78, 5) is 10.7. The Labute approximate surface area is 63.5 Å². The fraction of sp³-hybridized carbons (Fsp3) is 0.833. The molecule has 0 aromatic carbocycles. The van der Waals surface area contributed by atoms with Crippen LogP contribution in [-0.4, -0.2) is 42.0 Å². The van der Waals surface area contributed by atoms with E-state index in [0.29, 0.717) is 0 Å². The second-order valence-electron chi connectivity index (χ2n) is 2.43. The van der Waals surface area contributed by atoms with E-state index in [0.717, 1.165) is 0 Å². The zero-order valence-electron chi connectivity index (χ0n) is 6.16. The maximum atomic E-state index is 12.7. The number of methoxy groups -OCH3 is 1. The van der Waals surface area contributed by atoms with Gasteiger partial charge >= 0.3 is 0 Å². The number of ether oxygens (including phenoxy) is 1. The third-order valence-electron chi connectivity index (χ3n) is 1.82. The molecule has 1 aliphatic heterocycles. The van der Waals surface area contributed by atoms with E-state index >= 15 is 0 Å². The lowest BCUT2D eigenvalue weighted by molar-refractivity contribution is -0.146. The average molecular weight is 163 g/mol. The van der Waals surface area contributed by atoms with Gasteiger partial charge in [-0.25, -0.2) is 0 Å². The van der Waals surface area contributed by atoms with Gasteiger partial charge in [0.05, 0.1) is 19.1 Å². The second kappa shape index (κ2) is 3.15. The highest BCUT2D eigenvalue weighted by molar-refractivity contribution is 5.78. The lowest BCUT2D eigenvalue weighted by Gasteiger charge is -2.16. The standard InChI is InChI=1S/C6H10FNO3/c1-11-5-2-6(10)8(7)4(5)3-9/h4-5,9H,2-3H2,1H3. The molecule has 4 nitrogen and oxygen atoms in total. The predicted octanol–water partition coefficient (Wildman–Crippen LogP) is -0.521. The van der Waals surface area contributed by atoms with Gasteiger partial charge in [-0.2, -0.15) is 5.12 Å². The van der Waals surface area contributed by atoms with Crippen molar-refractivity contribution < 1.29 is 19.1 Å². The molecule has 0 bridgehead atoms. The van der Waals surface area contributed by atoms with Crippen LogP contribution in [0.1, 0.15) is 6.42 Å². The van der Waals surface area contributed by atoms with Crippen LogP contribution >= 0.6 is 0 Å². The Bertz CT molecular complexity index is 164. The lowest BCUT2D eigenvalue weighted by Crippen LogP contribution is -2.35. The summed E-state index contributed by atoms with van der Waals surface area (Å²) < 4.78 is 17.5. The van der Waals surface area contributed by atoms with E-state index in [1.165, 1.54) is 7.11 Å². The summed E-state index contributed by atoms with van der Waals surface area (Å²) in [5.41, 5.74) is 0. The molecule has 64 valence electrons. The van der Waals surface area contributed by atoms with E-state index in [9.17, 15) is 9.28 Å². The van der Waals surface area contributed by atoms with Crippen molar-refractivity contribution in [3.05, 3.63) is 0 Å². The summed E-state index contributed by atoms with van der Waals surface area (Å²) in [6.45, 7) is -0.402. The molecule has 0 saturated carbocycles. The van der Waals surface area contributed by atoms with E-state index in [2.05, 4.69) is 0 Å². The maximum Gasteiger partial charge on any atom is 0.253 e. The first-order valence-electron chi connectivity index (χ1n) is 3.32. The molecule has 1 N–H and O–H groups in total. The van der Waals surface area contributed by atoms with Crippen molar-refractivity contribution in [2.24, 2.45) is 0 Å². The molecule has 1 heterocycles. The molecular weight excluding hydrogens is 153 g/mol. The smallest absolute Gasteiger partial charge is 0.253 e. The molecule has 1 amide bonds. The van der Waals surface area contributed by atoms with E-state index in [4.69, 9.17) is 9.84 Å². The fourth-order valence-corrected chi connectivity index (χ4v) is 1.16. The van der Waals surface area contributed by atoms with Gasteiger partial charge in [-0.05, 0) is 0 Å². The molecule has 0 aromatic rings. The Hall–Kier alpha value is -0.680. The van der Waals surface area contributed by atoms with Gasteiger partial charge in [0.15, 0.2) is 0 Å². The molecule has 0 aliphatic carbocycles. The first-order valence-corrected chi connectivity index (χ1v) is 3.32. The first kappa shape index (κ1) is 8.42. The number of amides is 1. The van der Waals surface area contributed by atoms with Crippen LogP contribution in [0.2, 0.25) is 0 Å². The van der Waals surface area contributed by atoms with Crippen LogP contribution in [0.3, 0.4) is 0 Å². The molecule has 11 heavy (non-hydrogen) atoms. The van der Waals surface area contributed by atoms with Gasteiger partial charge in [0.2, 0.25) is 0 Å². The molecule has 5 heteroatoms. The number of rotatable bonds is 2. The van der Waals surface area contributed by atoms with Crippen molar-refractivity contribution in [2.45, 2.75) is 18.6 Å². The van der Waals surface area contributed by atoms with Crippen LogP contribution in [0.5, 0.6) is 0 Å². The molecular formula is C6H10FNO3. The van der Waals surface area contributed by atoms with Crippen LogP contribution in [0.15, 0.2) is 0 Å². The number of aliphatic hydroxyl groups excluding tert-OH is 1. The maximum absolute atomic E-state index is 12.7. The molecule has 1 saturated heterocycles. The van der Waals surface area contributed by atoms with E-state index in [1.807, 2.05) is 0 Å². The second-order valence-corrected chi connectivity index (χ2v) is 2.43. The van der Waals surface area contributed by atoms with Crippen LogP contribution in [-0.2, 0) is 9.53 Å². The van der Waals surface area contributed by atoms with Gasteiger partial charge in [-0.1, -0.05) is 4.48 Å². The van der Waals surface area contributed by atoms with Crippen LogP contribution < -0.4 is 0 Å². The van der Waals surface area contributed by atoms with E-state index in [1.54, 1.807) is 0 Å². The first-order chi connectivity index (χ1) is 5.20. The summed E-state index contributed by atoms with van der Waals surface area (Å²) >= 11 is 0. The molecule has 1 aliphatic rings. The number of aliphatic hydroxyl groups is 1. The van der Waals surface area contributed by atoms with Crippen molar-refractivity contribution in [3.8, 4) is 0 Å². The minimum Gasteiger partial charge on any atom is -0.394 e. The van der Waals surface area contributed by atoms with E-state index < -0.39 is 24.7 Å². The number of halogens is 1. The largest absolute Gasteiger partial charge is 0.394 e. The van der Waals surface area contributed by atoms with Crippen molar-refractivity contribution in [1.29, 1.82) is 0 Å². The third-order valence-corrected chi connectivity index (χ3v) is 1.82. The molecule has 2 atom stereocenters. The Morgan fingerprint density at radius 1 is 1.91 bits per heavy atom.